The van der Waals surface area contributed by atoms with Crippen molar-refractivity contribution >= 4 is 40.0 Å². The Balaban J connectivity index is 0.00000264. The maximum atomic E-state index is 12.1. The van der Waals surface area contributed by atoms with E-state index in [0.29, 0.717) is 25.6 Å². The van der Waals surface area contributed by atoms with Gasteiger partial charge in [0, 0.05) is 32.7 Å². The Bertz CT molecular complexity index is 472. The molecule has 0 radical (unpaired) electrons. The quantitative estimate of drug-likeness (QED) is 0.347. The molecule has 1 heterocycles. The molecule has 1 saturated heterocycles. The minimum Gasteiger partial charge on any atom is -0.356 e. The normalized spacial score (nSPS) is 20.9. The molecule has 0 aromatic heterocycles. The molecule has 1 saturated carbocycles. The Morgan fingerprint density at radius 3 is 2.39 bits per heavy atom. The van der Waals surface area contributed by atoms with E-state index in [0.717, 1.165) is 31.3 Å². The zero-order chi connectivity index (χ0) is 16.0. The highest BCUT2D eigenvalue weighted by Crippen LogP contribution is 2.31. The number of piperidine rings is 1. The van der Waals surface area contributed by atoms with E-state index in [-0.39, 0.29) is 29.7 Å². The second kappa shape index (κ2) is 10.0. The van der Waals surface area contributed by atoms with E-state index in [1.165, 1.54) is 19.3 Å². The minimum atomic E-state index is -3.05. The molecule has 0 atom stereocenters. The Morgan fingerprint density at radius 1 is 1.22 bits per heavy atom. The highest BCUT2D eigenvalue weighted by atomic mass is 127. The van der Waals surface area contributed by atoms with Crippen LogP contribution in [0.15, 0.2) is 4.99 Å². The number of sulfonamides is 1. The first-order valence-corrected chi connectivity index (χ1v) is 10.1. The van der Waals surface area contributed by atoms with Gasteiger partial charge in [-0.3, -0.25) is 4.99 Å². The fourth-order valence-corrected chi connectivity index (χ4v) is 4.40. The van der Waals surface area contributed by atoms with E-state index < -0.39 is 10.0 Å². The maximum Gasteiger partial charge on any atom is 0.214 e. The summed E-state index contributed by atoms with van der Waals surface area (Å²) in [5.74, 6) is 2.02. The van der Waals surface area contributed by atoms with E-state index >= 15 is 0 Å². The lowest BCUT2D eigenvalue weighted by Gasteiger charge is -2.32. The first kappa shape index (κ1) is 21.0. The molecular formula is C15H31IN4O2S. The Kier molecular flexibility index (Phi) is 9.13. The van der Waals surface area contributed by atoms with Gasteiger partial charge in [0.25, 0.3) is 0 Å². The van der Waals surface area contributed by atoms with Gasteiger partial charge in [-0.1, -0.05) is 19.8 Å². The summed E-state index contributed by atoms with van der Waals surface area (Å²) in [6.07, 6.45) is 6.32. The highest BCUT2D eigenvalue weighted by Gasteiger charge is 2.27. The second-order valence-corrected chi connectivity index (χ2v) is 8.45. The zero-order valence-corrected chi connectivity index (χ0v) is 17.4. The largest absolute Gasteiger partial charge is 0.356 e. The van der Waals surface area contributed by atoms with Crippen LogP contribution in [0.2, 0.25) is 0 Å². The van der Waals surface area contributed by atoms with Crippen LogP contribution in [0.25, 0.3) is 0 Å². The first-order chi connectivity index (χ1) is 10.5. The van der Waals surface area contributed by atoms with Crippen LogP contribution in [0, 0.1) is 5.92 Å². The lowest BCUT2D eigenvalue weighted by atomic mass is 10.1. The standard InChI is InChI=1S/C15H30N4O2S.HI/c1-3-12-22(20,21)19-10-7-14(8-11-19)18-15(16-2)17-9-6-13-4-5-13;/h13-14H,3-12H2,1-2H3,(H2,16,17,18);1H. The van der Waals surface area contributed by atoms with Crippen LogP contribution >= 0.6 is 24.0 Å². The summed E-state index contributed by atoms with van der Waals surface area (Å²) in [7, 11) is -1.26. The van der Waals surface area contributed by atoms with Crippen molar-refractivity contribution in [2.45, 2.75) is 51.5 Å². The van der Waals surface area contributed by atoms with Gasteiger partial charge in [0.2, 0.25) is 10.0 Å². The zero-order valence-electron chi connectivity index (χ0n) is 14.3. The van der Waals surface area contributed by atoms with Gasteiger partial charge < -0.3 is 10.6 Å². The molecule has 0 bridgehead atoms. The molecule has 0 aromatic carbocycles. The molecule has 8 heteroatoms. The van der Waals surface area contributed by atoms with E-state index in [9.17, 15) is 8.42 Å². The molecule has 0 aromatic rings. The molecule has 1 aliphatic heterocycles. The van der Waals surface area contributed by atoms with E-state index in [1.807, 2.05) is 6.92 Å². The lowest BCUT2D eigenvalue weighted by molar-refractivity contribution is 0.306. The molecule has 1 aliphatic carbocycles. The van der Waals surface area contributed by atoms with Crippen LogP contribution in [0.3, 0.4) is 0 Å². The van der Waals surface area contributed by atoms with Crippen LogP contribution in [0.5, 0.6) is 0 Å². The van der Waals surface area contributed by atoms with Gasteiger partial charge in [0.15, 0.2) is 5.96 Å². The van der Waals surface area contributed by atoms with Crippen LogP contribution in [-0.4, -0.2) is 57.2 Å². The van der Waals surface area contributed by atoms with Crippen molar-refractivity contribution in [2.75, 3.05) is 32.4 Å². The van der Waals surface area contributed by atoms with Gasteiger partial charge in [0.1, 0.15) is 0 Å². The minimum absolute atomic E-state index is 0. The van der Waals surface area contributed by atoms with Crippen molar-refractivity contribution in [3.63, 3.8) is 0 Å². The maximum absolute atomic E-state index is 12.1. The molecule has 0 amide bonds. The number of hydrogen-bond donors (Lipinski definition) is 2. The number of halogens is 1. The number of nitrogens with one attached hydrogen (secondary N) is 2. The number of guanidine groups is 1. The lowest BCUT2D eigenvalue weighted by Crippen LogP contribution is -2.50. The second-order valence-electron chi connectivity index (χ2n) is 6.36. The van der Waals surface area contributed by atoms with Crippen molar-refractivity contribution in [3.05, 3.63) is 0 Å². The van der Waals surface area contributed by atoms with Crippen LogP contribution in [0.4, 0.5) is 0 Å². The highest BCUT2D eigenvalue weighted by molar-refractivity contribution is 14.0. The molecule has 136 valence electrons. The summed E-state index contributed by atoms with van der Waals surface area (Å²) in [5.41, 5.74) is 0. The average Bonchev–Trinajstić information content (AvgIpc) is 3.31. The predicted molar refractivity (Wildman–Crippen MR) is 106 cm³/mol. The van der Waals surface area contributed by atoms with Crippen LogP contribution in [-0.2, 0) is 10.0 Å². The molecule has 0 unspecified atom stereocenters. The summed E-state index contributed by atoms with van der Waals surface area (Å²) in [4.78, 5) is 4.26. The monoisotopic (exact) mass is 458 g/mol. The van der Waals surface area contributed by atoms with Crippen LogP contribution in [0.1, 0.15) is 45.4 Å². The van der Waals surface area contributed by atoms with Gasteiger partial charge in [-0.15, -0.1) is 24.0 Å². The molecule has 2 aliphatic rings. The molecule has 6 nitrogen and oxygen atoms in total. The Hall–Kier alpha value is -0.0900. The SMILES string of the molecule is CCCS(=O)(=O)N1CCC(NC(=NC)NCCC2CC2)CC1.I. The third-order valence-corrected chi connectivity index (χ3v) is 6.49. The van der Waals surface area contributed by atoms with Crippen LogP contribution < -0.4 is 10.6 Å². The predicted octanol–water partition coefficient (Wildman–Crippen LogP) is 1.77. The molecule has 2 N–H and O–H groups in total. The molecule has 2 fully saturated rings. The number of hydrogen-bond acceptors (Lipinski definition) is 3. The van der Waals surface area contributed by atoms with E-state index in [2.05, 4.69) is 15.6 Å². The fourth-order valence-electron chi connectivity index (χ4n) is 2.85. The number of aliphatic imine (C=N–C) groups is 1. The molecular weight excluding hydrogens is 427 g/mol. The molecule has 2 rings (SSSR count). The summed E-state index contributed by atoms with van der Waals surface area (Å²) < 4.78 is 25.7. The van der Waals surface area contributed by atoms with Crippen molar-refractivity contribution in [1.82, 2.24) is 14.9 Å². The number of nitrogens with zero attached hydrogens (tertiary/aromatic N) is 2. The first-order valence-electron chi connectivity index (χ1n) is 8.50. The Labute approximate surface area is 157 Å². The smallest absolute Gasteiger partial charge is 0.214 e. The number of rotatable bonds is 7. The summed E-state index contributed by atoms with van der Waals surface area (Å²) in [6.45, 7) is 4.09. The van der Waals surface area contributed by atoms with Crippen molar-refractivity contribution in [1.29, 1.82) is 0 Å². The Morgan fingerprint density at radius 2 is 1.87 bits per heavy atom. The topological polar surface area (TPSA) is 73.8 Å². The van der Waals surface area contributed by atoms with Gasteiger partial charge in [-0.05, 0) is 31.6 Å². The van der Waals surface area contributed by atoms with Crippen molar-refractivity contribution < 1.29 is 8.42 Å². The summed E-state index contributed by atoms with van der Waals surface area (Å²) in [5, 5.41) is 6.78. The molecule has 23 heavy (non-hydrogen) atoms. The van der Waals surface area contributed by atoms with Gasteiger partial charge >= 0.3 is 0 Å². The van der Waals surface area contributed by atoms with Gasteiger partial charge in [0.05, 0.1) is 5.75 Å². The van der Waals surface area contributed by atoms with Crippen molar-refractivity contribution in [2.24, 2.45) is 10.9 Å². The molecule has 0 spiro atoms. The summed E-state index contributed by atoms with van der Waals surface area (Å²) in [6, 6.07) is 0.306. The van der Waals surface area contributed by atoms with E-state index in [4.69, 9.17) is 0 Å². The van der Waals surface area contributed by atoms with Crippen molar-refractivity contribution in [3.8, 4) is 0 Å². The van der Waals surface area contributed by atoms with E-state index in [1.54, 1.807) is 11.4 Å². The van der Waals surface area contributed by atoms with Gasteiger partial charge in [-0.25, -0.2) is 12.7 Å². The summed E-state index contributed by atoms with van der Waals surface area (Å²) >= 11 is 0. The third kappa shape index (κ3) is 7.13. The van der Waals surface area contributed by atoms with Gasteiger partial charge in [-0.2, -0.15) is 0 Å². The average molecular weight is 458 g/mol. The third-order valence-electron chi connectivity index (χ3n) is 4.42. The fraction of sp³-hybridized carbons (Fsp3) is 0.933.